The Kier molecular flexibility index (Phi) is 4.30. The van der Waals surface area contributed by atoms with Crippen molar-refractivity contribution in [2.45, 2.75) is 52.0 Å². The molecule has 24 heavy (non-hydrogen) atoms. The number of barbiturate groups is 1. The van der Waals surface area contributed by atoms with Crippen LogP contribution in [0.15, 0.2) is 11.6 Å². The number of amides is 4. The van der Waals surface area contributed by atoms with Crippen molar-refractivity contribution in [3.63, 3.8) is 0 Å². The van der Waals surface area contributed by atoms with Crippen LogP contribution in [0.3, 0.4) is 0 Å². The Balaban J connectivity index is 1.95. The Morgan fingerprint density at radius 1 is 1.12 bits per heavy atom. The van der Waals surface area contributed by atoms with E-state index in [2.05, 4.69) is 5.32 Å². The van der Waals surface area contributed by atoms with Gasteiger partial charge >= 0.3 is 6.03 Å². The lowest BCUT2D eigenvalue weighted by molar-refractivity contribution is -0.132. The SMILES string of the molecule is Cc1cc(/C=C2/C(=O)NC(=O)N(C3CCCCC3)C2=O)c(C)n1C. The van der Waals surface area contributed by atoms with Crippen molar-refractivity contribution in [2.24, 2.45) is 7.05 Å². The van der Waals surface area contributed by atoms with Gasteiger partial charge in [-0.3, -0.25) is 19.8 Å². The van der Waals surface area contributed by atoms with E-state index in [9.17, 15) is 14.4 Å². The smallest absolute Gasteiger partial charge is 0.331 e. The highest BCUT2D eigenvalue weighted by atomic mass is 16.2. The second-order valence-electron chi connectivity index (χ2n) is 6.67. The molecule has 0 atom stereocenters. The average Bonchev–Trinajstić information content (AvgIpc) is 2.79. The number of hydrogen-bond acceptors (Lipinski definition) is 3. The van der Waals surface area contributed by atoms with Crippen LogP contribution in [0.1, 0.15) is 49.1 Å². The van der Waals surface area contributed by atoms with Crippen LogP contribution < -0.4 is 5.32 Å². The van der Waals surface area contributed by atoms with Crippen LogP contribution in [-0.2, 0) is 16.6 Å². The van der Waals surface area contributed by atoms with E-state index in [-0.39, 0.29) is 11.6 Å². The highest BCUT2D eigenvalue weighted by Gasteiger charge is 2.40. The van der Waals surface area contributed by atoms with E-state index in [1.807, 2.05) is 31.5 Å². The van der Waals surface area contributed by atoms with E-state index in [0.29, 0.717) is 0 Å². The molecular weight excluding hydrogens is 306 g/mol. The first-order valence-corrected chi connectivity index (χ1v) is 8.43. The number of rotatable bonds is 2. The first-order chi connectivity index (χ1) is 11.4. The standard InChI is InChI=1S/C18H23N3O3/c1-11-9-13(12(2)20(11)3)10-15-16(22)19-18(24)21(17(15)23)14-7-5-4-6-8-14/h9-10,14H,4-8H2,1-3H3,(H,19,22,24)/b15-10-. The lowest BCUT2D eigenvalue weighted by Gasteiger charge is -2.35. The number of urea groups is 1. The summed E-state index contributed by atoms with van der Waals surface area (Å²) in [4.78, 5) is 38.4. The van der Waals surface area contributed by atoms with Crippen LogP contribution in [0.25, 0.3) is 6.08 Å². The summed E-state index contributed by atoms with van der Waals surface area (Å²) in [5.74, 6) is -1.09. The number of carbonyl (C=O) groups is 3. The molecule has 2 fully saturated rings. The Morgan fingerprint density at radius 2 is 1.79 bits per heavy atom. The molecule has 0 aromatic carbocycles. The molecule has 1 aromatic heterocycles. The molecule has 1 aliphatic carbocycles. The summed E-state index contributed by atoms with van der Waals surface area (Å²) in [6.45, 7) is 3.91. The molecule has 3 rings (SSSR count). The van der Waals surface area contributed by atoms with Gasteiger partial charge < -0.3 is 4.57 Å². The minimum atomic E-state index is -0.613. The summed E-state index contributed by atoms with van der Waals surface area (Å²) in [7, 11) is 1.94. The molecule has 0 radical (unpaired) electrons. The first kappa shape index (κ1) is 16.5. The lowest BCUT2D eigenvalue weighted by atomic mass is 9.93. The monoisotopic (exact) mass is 329 g/mol. The summed E-state index contributed by atoms with van der Waals surface area (Å²) in [5, 5.41) is 2.32. The number of carbonyl (C=O) groups excluding carboxylic acids is 3. The largest absolute Gasteiger partial charge is 0.352 e. The van der Waals surface area contributed by atoms with Crippen LogP contribution in [0.5, 0.6) is 0 Å². The van der Waals surface area contributed by atoms with Gasteiger partial charge in [-0.25, -0.2) is 4.79 Å². The molecule has 0 unspecified atom stereocenters. The van der Waals surface area contributed by atoms with Crippen LogP contribution >= 0.6 is 0 Å². The minimum absolute atomic E-state index is 0.0360. The van der Waals surface area contributed by atoms with Crippen molar-refractivity contribution in [3.05, 3.63) is 28.6 Å². The maximum absolute atomic E-state index is 12.8. The fourth-order valence-corrected chi connectivity index (χ4v) is 3.53. The molecule has 6 nitrogen and oxygen atoms in total. The molecule has 4 amide bonds. The van der Waals surface area contributed by atoms with Crippen LogP contribution in [0.2, 0.25) is 0 Å². The number of imide groups is 2. The van der Waals surface area contributed by atoms with E-state index in [1.165, 1.54) is 4.90 Å². The summed E-state index contributed by atoms with van der Waals surface area (Å²) in [6, 6.07) is 1.24. The summed E-state index contributed by atoms with van der Waals surface area (Å²) < 4.78 is 2.00. The third kappa shape index (κ3) is 2.77. The molecule has 1 aromatic rings. The second kappa shape index (κ2) is 6.26. The summed E-state index contributed by atoms with van der Waals surface area (Å²) in [5.41, 5.74) is 2.88. The Morgan fingerprint density at radius 3 is 2.38 bits per heavy atom. The van der Waals surface area contributed by atoms with Crippen LogP contribution in [-0.4, -0.2) is 33.4 Å². The third-order valence-corrected chi connectivity index (χ3v) is 5.19. The van der Waals surface area contributed by atoms with E-state index in [1.54, 1.807) is 6.08 Å². The predicted molar refractivity (Wildman–Crippen MR) is 90.1 cm³/mol. The van der Waals surface area contributed by atoms with Gasteiger partial charge in [0.2, 0.25) is 0 Å². The molecule has 2 heterocycles. The Labute approximate surface area is 141 Å². The normalized spacial score (nSPS) is 21.5. The van der Waals surface area contributed by atoms with Crippen LogP contribution in [0, 0.1) is 13.8 Å². The van der Waals surface area contributed by atoms with Gasteiger partial charge in [0.25, 0.3) is 11.8 Å². The van der Waals surface area contributed by atoms with Gasteiger partial charge in [0.15, 0.2) is 0 Å². The fourth-order valence-electron chi connectivity index (χ4n) is 3.53. The van der Waals surface area contributed by atoms with E-state index in [4.69, 9.17) is 0 Å². The average molecular weight is 329 g/mol. The number of nitrogens with one attached hydrogen (secondary N) is 1. The number of hydrogen-bond donors (Lipinski definition) is 1. The molecule has 1 N–H and O–H groups in total. The molecule has 1 saturated heterocycles. The summed E-state index contributed by atoms with van der Waals surface area (Å²) in [6.07, 6.45) is 6.36. The van der Waals surface area contributed by atoms with Gasteiger partial charge in [-0.15, -0.1) is 0 Å². The van der Waals surface area contributed by atoms with Crippen molar-refractivity contribution in [3.8, 4) is 0 Å². The van der Waals surface area contributed by atoms with Gasteiger partial charge in [0.05, 0.1) is 0 Å². The van der Waals surface area contributed by atoms with Crippen molar-refractivity contribution < 1.29 is 14.4 Å². The van der Waals surface area contributed by atoms with Crippen molar-refractivity contribution >= 4 is 23.9 Å². The maximum Gasteiger partial charge on any atom is 0.331 e. The molecule has 128 valence electrons. The van der Waals surface area contributed by atoms with Crippen LogP contribution in [0.4, 0.5) is 4.79 Å². The van der Waals surface area contributed by atoms with E-state index >= 15 is 0 Å². The number of aromatic nitrogens is 1. The number of aryl methyl sites for hydroxylation is 1. The summed E-state index contributed by atoms with van der Waals surface area (Å²) >= 11 is 0. The predicted octanol–water partition coefficient (Wildman–Crippen LogP) is 2.44. The molecule has 0 bridgehead atoms. The Hall–Kier alpha value is -2.37. The quantitative estimate of drug-likeness (QED) is 0.669. The maximum atomic E-state index is 12.8. The molecule has 2 aliphatic rings. The third-order valence-electron chi connectivity index (χ3n) is 5.19. The van der Waals surface area contributed by atoms with Gasteiger partial charge in [0, 0.05) is 24.5 Å². The zero-order valence-electron chi connectivity index (χ0n) is 14.4. The highest BCUT2D eigenvalue weighted by Crippen LogP contribution is 2.27. The molecule has 0 spiro atoms. The zero-order chi connectivity index (χ0) is 17.4. The number of nitrogens with zero attached hydrogens (tertiary/aromatic N) is 2. The molecule has 1 aliphatic heterocycles. The topological polar surface area (TPSA) is 71.4 Å². The van der Waals surface area contributed by atoms with E-state index in [0.717, 1.165) is 49.1 Å². The lowest BCUT2D eigenvalue weighted by Crippen LogP contribution is -2.58. The molecular formula is C18H23N3O3. The van der Waals surface area contributed by atoms with Crippen molar-refractivity contribution in [2.75, 3.05) is 0 Å². The molecule has 1 saturated carbocycles. The second-order valence-corrected chi connectivity index (χ2v) is 6.67. The van der Waals surface area contributed by atoms with Crippen molar-refractivity contribution in [1.82, 2.24) is 14.8 Å². The Bertz CT molecular complexity index is 739. The van der Waals surface area contributed by atoms with Gasteiger partial charge in [-0.1, -0.05) is 19.3 Å². The zero-order valence-corrected chi connectivity index (χ0v) is 14.4. The van der Waals surface area contributed by atoms with Gasteiger partial charge in [-0.05, 0) is 44.4 Å². The van der Waals surface area contributed by atoms with Gasteiger partial charge in [-0.2, -0.15) is 0 Å². The first-order valence-electron chi connectivity index (χ1n) is 8.43. The fraction of sp³-hybridized carbons (Fsp3) is 0.500. The minimum Gasteiger partial charge on any atom is -0.352 e. The van der Waals surface area contributed by atoms with Crippen molar-refractivity contribution in [1.29, 1.82) is 0 Å². The van der Waals surface area contributed by atoms with Gasteiger partial charge in [0.1, 0.15) is 5.57 Å². The highest BCUT2D eigenvalue weighted by molar-refractivity contribution is 6.31. The molecule has 6 heteroatoms. The van der Waals surface area contributed by atoms with E-state index < -0.39 is 17.8 Å².